The highest BCUT2D eigenvalue weighted by atomic mass is 35.5. The van der Waals surface area contributed by atoms with Crippen LogP contribution in [-0.4, -0.2) is 15.9 Å². The maximum absolute atomic E-state index is 14.4. The first-order chi connectivity index (χ1) is 12.6. The molecule has 0 radical (unpaired) electrons. The fourth-order valence-electron chi connectivity index (χ4n) is 2.82. The van der Waals surface area contributed by atoms with E-state index >= 15 is 0 Å². The van der Waals surface area contributed by atoms with E-state index in [0.29, 0.717) is 10.6 Å². The molecule has 0 aliphatic rings. The third-order valence-corrected chi connectivity index (χ3v) is 4.41. The van der Waals surface area contributed by atoms with E-state index in [2.05, 4.69) is 5.10 Å². The fourth-order valence-corrected chi connectivity index (χ4v) is 2.95. The van der Waals surface area contributed by atoms with Gasteiger partial charge in [0.2, 0.25) is 0 Å². The van der Waals surface area contributed by atoms with Gasteiger partial charge in [-0.1, -0.05) is 23.7 Å². The topological polar surface area (TPSA) is 34.4 Å². The van der Waals surface area contributed by atoms with E-state index < -0.39 is 17.2 Å². The van der Waals surface area contributed by atoms with Gasteiger partial charge in [-0.3, -0.25) is 4.79 Å². The monoisotopic (exact) mass is 368 g/mol. The van der Waals surface area contributed by atoms with Crippen molar-refractivity contribution in [2.24, 2.45) is 0 Å². The van der Waals surface area contributed by atoms with Crippen molar-refractivity contribution in [3.05, 3.63) is 83.0 Å². The lowest BCUT2D eigenvalue weighted by Gasteiger charge is -2.06. The molecule has 26 heavy (non-hydrogen) atoms. The molecule has 0 spiro atoms. The van der Waals surface area contributed by atoms with Crippen molar-refractivity contribution in [1.82, 2.24) is 9.61 Å². The molecule has 2 heterocycles. The number of fused-ring (bicyclic) bond motifs is 1. The number of hydrogen-bond acceptors (Lipinski definition) is 2. The van der Waals surface area contributed by atoms with Gasteiger partial charge in [-0.05, 0) is 48.0 Å². The largest absolute Gasteiger partial charge is 0.298 e. The molecular formula is C20H11ClF2N2O. The van der Waals surface area contributed by atoms with Crippen molar-refractivity contribution in [2.75, 3.05) is 0 Å². The summed E-state index contributed by atoms with van der Waals surface area (Å²) < 4.78 is 29.6. The number of aldehydes is 1. The van der Waals surface area contributed by atoms with E-state index in [9.17, 15) is 13.6 Å². The molecular weight excluding hydrogens is 358 g/mol. The van der Waals surface area contributed by atoms with Crippen LogP contribution in [0, 0.1) is 11.6 Å². The molecule has 2 aromatic carbocycles. The van der Waals surface area contributed by atoms with Crippen LogP contribution in [0.3, 0.4) is 0 Å². The molecule has 2 aromatic heterocycles. The molecule has 3 nitrogen and oxygen atoms in total. The summed E-state index contributed by atoms with van der Waals surface area (Å²) in [5, 5.41) is 5.12. The molecule has 0 fully saturated rings. The van der Waals surface area contributed by atoms with Gasteiger partial charge in [-0.2, -0.15) is 5.10 Å². The smallest absolute Gasteiger partial charge is 0.155 e. The Labute approximate surface area is 152 Å². The van der Waals surface area contributed by atoms with Crippen LogP contribution < -0.4 is 0 Å². The van der Waals surface area contributed by atoms with Crippen molar-refractivity contribution in [3.8, 4) is 22.4 Å². The molecule has 0 N–H and O–H groups in total. The minimum atomic E-state index is -0.878. The Balaban J connectivity index is 1.81. The predicted octanol–water partition coefficient (Wildman–Crippen LogP) is 5.41. The van der Waals surface area contributed by atoms with Crippen LogP contribution in [0.25, 0.3) is 27.9 Å². The van der Waals surface area contributed by atoms with Gasteiger partial charge in [-0.25, -0.2) is 13.3 Å². The molecule has 128 valence electrons. The molecule has 0 saturated heterocycles. The highest BCUT2D eigenvalue weighted by Gasteiger charge is 2.15. The Morgan fingerprint density at radius 2 is 1.73 bits per heavy atom. The molecule has 0 unspecified atom stereocenters. The van der Waals surface area contributed by atoms with Gasteiger partial charge in [0.15, 0.2) is 6.29 Å². The second-order valence-electron chi connectivity index (χ2n) is 5.76. The molecule has 0 aliphatic carbocycles. The Bertz CT molecular complexity index is 1140. The number of pyridine rings is 1. The third kappa shape index (κ3) is 2.76. The molecule has 0 aliphatic heterocycles. The average molecular weight is 369 g/mol. The summed E-state index contributed by atoms with van der Waals surface area (Å²) >= 11 is 5.90. The van der Waals surface area contributed by atoms with Gasteiger partial charge >= 0.3 is 0 Å². The summed E-state index contributed by atoms with van der Waals surface area (Å²) in [6.07, 6.45) is 1.87. The zero-order valence-corrected chi connectivity index (χ0v) is 14.0. The summed E-state index contributed by atoms with van der Waals surface area (Å²) in [7, 11) is 0. The molecule has 0 amide bonds. The standard InChI is InChI=1S/C20H11ClF2N2O/c21-14-3-1-12(2-4-14)19-10-15-9-13(7-8-25(15)24-19)16-5-6-18(22)17(11-26)20(16)23/h1-11H. The second-order valence-corrected chi connectivity index (χ2v) is 6.20. The summed E-state index contributed by atoms with van der Waals surface area (Å²) in [5.74, 6) is -1.75. The quantitative estimate of drug-likeness (QED) is 0.453. The number of carbonyl (C=O) groups is 1. The molecule has 0 saturated carbocycles. The maximum atomic E-state index is 14.4. The van der Waals surface area contributed by atoms with Crippen molar-refractivity contribution >= 4 is 23.4 Å². The van der Waals surface area contributed by atoms with E-state index in [1.165, 1.54) is 6.07 Å². The van der Waals surface area contributed by atoms with Crippen LogP contribution in [0.5, 0.6) is 0 Å². The predicted molar refractivity (Wildman–Crippen MR) is 96.4 cm³/mol. The first kappa shape index (κ1) is 16.4. The molecule has 4 aromatic rings. The Hall–Kier alpha value is -3.05. The first-order valence-electron chi connectivity index (χ1n) is 7.76. The van der Waals surface area contributed by atoms with Crippen molar-refractivity contribution in [3.63, 3.8) is 0 Å². The third-order valence-electron chi connectivity index (χ3n) is 4.16. The lowest BCUT2D eigenvalue weighted by molar-refractivity contribution is 0.111. The SMILES string of the molecule is O=Cc1c(F)ccc(-c2ccn3nc(-c4ccc(Cl)cc4)cc3c2)c1F. The highest BCUT2D eigenvalue weighted by Crippen LogP contribution is 2.28. The van der Waals surface area contributed by atoms with Crippen LogP contribution in [-0.2, 0) is 0 Å². The number of hydrogen-bond donors (Lipinski definition) is 0. The lowest BCUT2D eigenvalue weighted by atomic mass is 10.0. The fraction of sp³-hybridized carbons (Fsp3) is 0. The van der Waals surface area contributed by atoms with E-state index in [1.807, 2.05) is 18.2 Å². The zero-order chi connectivity index (χ0) is 18.3. The second kappa shape index (κ2) is 6.35. The molecule has 0 atom stereocenters. The highest BCUT2D eigenvalue weighted by molar-refractivity contribution is 6.30. The minimum absolute atomic E-state index is 0.158. The van der Waals surface area contributed by atoms with Gasteiger partial charge in [0.25, 0.3) is 0 Å². The Morgan fingerprint density at radius 3 is 2.46 bits per heavy atom. The van der Waals surface area contributed by atoms with Gasteiger partial charge in [-0.15, -0.1) is 0 Å². The van der Waals surface area contributed by atoms with E-state index in [4.69, 9.17) is 11.6 Å². The number of nitrogens with zero attached hydrogens (tertiary/aromatic N) is 2. The van der Waals surface area contributed by atoms with Crippen LogP contribution in [0.2, 0.25) is 5.02 Å². The number of benzene rings is 2. The van der Waals surface area contributed by atoms with Crippen molar-refractivity contribution in [2.45, 2.75) is 0 Å². The summed E-state index contributed by atoms with van der Waals surface area (Å²) in [5.41, 5.74) is 2.50. The first-order valence-corrected chi connectivity index (χ1v) is 8.13. The minimum Gasteiger partial charge on any atom is -0.298 e. The van der Waals surface area contributed by atoms with Gasteiger partial charge in [0, 0.05) is 22.3 Å². The van der Waals surface area contributed by atoms with Gasteiger partial charge in [0.05, 0.1) is 16.8 Å². The van der Waals surface area contributed by atoms with Crippen LogP contribution >= 0.6 is 11.6 Å². The molecule has 6 heteroatoms. The number of rotatable bonds is 3. The Morgan fingerprint density at radius 1 is 0.962 bits per heavy atom. The summed E-state index contributed by atoms with van der Waals surface area (Å²) in [4.78, 5) is 10.9. The van der Waals surface area contributed by atoms with Crippen LogP contribution in [0.1, 0.15) is 10.4 Å². The van der Waals surface area contributed by atoms with Crippen LogP contribution in [0.15, 0.2) is 60.8 Å². The van der Waals surface area contributed by atoms with Crippen molar-refractivity contribution in [1.29, 1.82) is 0 Å². The van der Waals surface area contributed by atoms with Crippen molar-refractivity contribution < 1.29 is 13.6 Å². The average Bonchev–Trinajstić information content (AvgIpc) is 3.06. The van der Waals surface area contributed by atoms with Gasteiger partial charge < -0.3 is 0 Å². The normalized spacial score (nSPS) is 11.0. The molecule has 4 rings (SSSR count). The number of halogens is 3. The maximum Gasteiger partial charge on any atom is 0.155 e. The van der Waals surface area contributed by atoms with Gasteiger partial charge in [0.1, 0.15) is 11.6 Å². The van der Waals surface area contributed by atoms with E-state index in [-0.39, 0.29) is 11.8 Å². The Kier molecular flexibility index (Phi) is 4.01. The summed E-state index contributed by atoms with van der Waals surface area (Å²) in [6, 6.07) is 14.9. The van der Waals surface area contributed by atoms with E-state index in [1.54, 1.807) is 35.0 Å². The number of aromatic nitrogens is 2. The summed E-state index contributed by atoms with van der Waals surface area (Å²) in [6.45, 7) is 0. The van der Waals surface area contributed by atoms with E-state index in [0.717, 1.165) is 22.8 Å². The molecule has 0 bridgehead atoms. The number of carbonyl (C=O) groups excluding carboxylic acids is 1. The zero-order valence-electron chi connectivity index (χ0n) is 13.3. The lowest BCUT2D eigenvalue weighted by Crippen LogP contribution is -1.97. The van der Waals surface area contributed by atoms with Crippen LogP contribution in [0.4, 0.5) is 8.78 Å².